The Bertz CT molecular complexity index is 527. The summed E-state index contributed by atoms with van der Waals surface area (Å²) in [6.07, 6.45) is 5.67. The third-order valence-electron chi connectivity index (χ3n) is 3.53. The lowest BCUT2D eigenvalue weighted by atomic mass is 10.1. The average Bonchev–Trinajstić information content (AvgIpc) is 2.62. The number of benzene rings is 1. The zero-order valence-corrected chi connectivity index (χ0v) is 10.5. The van der Waals surface area contributed by atoms with Crippen LogP contribution in [-0.2, 0) is 19.4 Å². The highest BCUT2D eigenvalue weighted by Gasteiger charge is 2.14. The van der Waals surface area contributed by atoms with Gasteiger partial charge in [-0.3, -0.25) is 0 Å². The topological polar surface area (TPSA) is 56.7 Å². The zero-order valence-electron chi connectivity index (χ0n) is 10.5. The predicted molar refractivity (Wildman–Crippen MR) is 71.2 cm³/mol. The minimum absolute atomic E-state index is 0.804. The van der Waals surface area contributed by atoms with E-state index in [1.807, 2.05) is 12.1 Å². The molecular formula is C14H18N4. The third-order valence-corrected chi connectivity index (χ3v) is 3.53. The number of nitrogens with zero attached hydrogens (tertiary/aromatic N) is 3. The van der Waals surface area contributed by atoms with E-state index < -0.39 is 0 Å². The summed E-state index contributed by atoms with van der Waals surface area (Å²) < 4.78 is 2.29. The van der Waals surface area contributed by atoms with Crippen molar-refractivity contribution < 1.29 is 0 Å². The Kier molecular flexibility index (Phi) is 3.00. The highest BCUT2D eigenvalue weighted by atomic mass is 15.3. The van der Waals surface area contributed by atoms with Crippen LogP contribution in [0.15, 0.2) is 24.3 Å². The van der Waals surface area contributed by atoms with Gasteiger partial charge in [0.1, 0.15) is 11.6 Å². The number of hydrogen-bond donors (Lipinski definition) is 1. The van der Waals surface area contributed by atoms with Crippen molar-refractivity contribution in [1.82, 2.24) is 14.8 Å². The molecule has 18 heavy (non-hydrogen) atoms. The average molecular weight is 242 g/mol. The van der Waals surface area contributed by atoms with E-state index in [-0.39, 0.29) is 0 Å². The predicted octanol–water partition coefficient (Wildman–Crippen LogP) is 2.18. The molecule has 2 aromatic rings. The van der Waals surface area contributed by atoms with Crippen LogP contribution in [0.3, 0.4) is 0 Å². The summed E-state index contributed by atoms with van der Waals surface area (Å²) in [7, 11) is 0. The van der Waals surface area contributed by atoms with Crippen LogP contribution < -0.4 is 5.73 Å². The lowest BCUT2D eigenvalue weighted by molar-refractivity contribution is 0.611. The molecule has 0 unspecified atom stereocenters. The van der Waals surface area contributed by atoms with Gasteiger partial charge in [0, 0.05) is 25.1 Å². The molecule has 0 bridgehead atoms. The Hall–Kier alpha value is -1.84. The molecule has 1 aromatic carbocycles. The Morgan fingerprint density at radius 3 is 2.72 bits per heavy atom. The maximum absolute atomic E-state index is 5.70. The fraction of sp³-hybridized carbons (Fsp3) is 0.429. The van der Waals surface area contributed by atoms with Crippen molar-refractivity contribution in [3.05, 3.63) is 41.5 Å². The van der Waals surface area contributed by atoms with E-state index in [2.05, 4.69) is 26.9 Å². The molecule has 2 heterocycles. The summed E-state index contributed by atoms with van der Waals surface area (Å²) in [5.74, 6) is 2.23. The van der Waals surface area contributed by atoms with Crippen molar-refractivity contribution in [2.24, 2.45) is 0 Å². The van der Waals surface area contributed by atoms with Crippen LogP contribution in [0.2, 0.25) is 0 Å². The third kappa shape index (κ3) is 2.23. The van der Waals surface area contributed by atoms with Gasteiger partial charge in [-0.1, -0.05) is 18.6 Å². The zero-order chi connectivity index (χ0) is 12.4. The van der Waals surface area contributed by atoms with E-state index in [0.717, 1.165) is 36.7 Å². The second kappa shape index (κ2) is 4.80. The number of aromatic nitrogens is 3. The Balaban J connectivity index is 1.84. The molecule has 3 rings (SSSR count). The van der Waals surface area contributed by atoms with Crippen LogP contribution in [0.4, 0.5) is 5.69 Å². The maximum Gasteiger partial charge on any atom is 0.137 e. The molecule has 94 valence electrons. The van der Waals surface area contributed by atoms with Crippen LogP contribution in [-0.4, -0.2) is 14.8 Å². The van der Waals surface area contributed by atoms with Crippen LogP contribution >= 0.6 is 0 Å². The van der Waals surface area contributed by atoms with E-state index in [1.54, 1.807) is 0 Å². The molecule has 0 fully saturated rings. The molecular weight excluding hydrogens is 224 g/mol. The number of nitrogen functional groups attached to an aromatic ring is 1. The minimum atomic E-state index is 0.804. The number of hydrogen-bond acceptors (Lipinski definition) is 3. The molecule has 2 N–H and O–H groups in total. The van der Waals surface area contributed by atoms with Crippen LogP contribution in [0.25, 0.3) is 0 Å². The molecule has 0 radical (unpaired) electrons. The van der Waals surface area contributed by atoms with Gasteiger partial charge in [-0.2, -0.15) is 0 Å². The Labute approximate surface area is 107 Å². The van der Waals surface area contributed by atoms with E-state index in [9.17, 15) is 0 Å². The van der Waals surface area contributed by atoms with E-state index in [4.69, 9.17) is 5.73 Å². The summed E-state index contributed by atoms with van der Waals surface area (Å²) in [6.45, 7) is 1.06. The summed E-state index contributed by atoms with van der Waals surface area (Å²) in [5, 5.41) is 8.66. The van der Waals surface area contributed by atoms with E-state index in [0.29, 0.717) is 0 Å². The summed E-state index contributed by atoms with van der Waals surface area (Å²) >= 11 is 0. The van der Waals surface area contributed by atoms with Crippen molar-refractivity contribution >= 4 is 5.69 Å². The van der Waals surface area contributed by atoms with Gasteiger partial charge >= 0.3 is 0 Å². The summed E-state index contributed by atoms with van der Waals surface area (Å²) in [4.78, 5) is 0. The van der Waals surface area contributed by atoms with Gasteiger partial charge in [0.15, 0.2) is 0 Å². The number of aryl methyl sites for hydroxylation is 1. The number of nitrogens with two attached hydrogens (primary N) is 1. The first-order valence-electron chi connectivity index (χ1n) is 6.58. The Morgan fingerprint density at radius 1 is 1.06 bits per heavy atom. The Morgan fingerprint density at radius 2 is 1.89 bits per heavy atom. The van der Waals surface area contributed by atoms with Crippen molar-refractivity contribution in [3.8, 4) is 0 Å². The van der Waals surface area contributed by atoms with Crippen molar-refractivity contribution in [2.75, 3.05) is 5.73 Å². The minimum Gasteiger partial charge on any atom is -0.399 e. The van der Waals surface area contributed by atoms with Crippen molar-refractivity contribution in [3.63, 3.8) is 0 Å². The smallest absolute Gasteiger partial charge is 0.137 e. The largest absolute Gasteiger partial charge is 0.399 e. The summed E-state index contributed by atoms with van der Waals surface area (Å²) in [6, 6.07) is 8.01. The first-order chi connectivity index (χ1) is 8.83. The van der Waals surface area contributed by atoms with Crippen LogP contribution in [0.5, 0.6) is 0 Å². The number of anilines is 1. The first kappa shape index (κ1) is 11.3. The maximum atomic E-state index is 5.70. The molecule has 1 aliphatic heterocycles. The second-order valence-electron chi connectivity index (χ2n) is 4.91. The van der Waals surface area contributed by atoms with Gasteiger partial charge in [-0.05, 0) is 30.5 Å². The fourth-order valence-corrected chi connectivity index (χ4v) is 2.49. The van der Waals surface area contributed by atoms with Gasteiger partial charge < -0.3 is 10.3 Å². The monoisotopic (exact) mass is 242 g/mol. The molecule has 1 aliphatic rings. The second-order valence-corrected chi connectivity index (χ2v) is 4.91. The molecule has 0 amide bonds. The normalized spacial score (nSPS) is 15.1. The number of fused-ring (bicyclic) bond motifs is 1. The molecule has 0 saturated heterocycles. The van der Waals surface area contributed by atoms with Gasteiger partial charge in [0.05, 0.1) is 0 Å². The van der Waals surface area contributed by atoms with E-state index >= 15 is 0 Å². The fourth-order valence-electron chi connectivity index (χ4n) is 2.49. The lowest BCUT2D eigenvalue weighted by Crippen LogP contribution is -2.06. The highest BCUT2D eigenvalue weighted by Crippen LogP contribution is 2.17. The van der Waals surface area contributed by atoms with E-state index in [1.165, 1.54) is 24.8 Å². The standard InChI is InChI=1S/C14H18N4/c15-12-7-5-11(6-8-12)10-14-17-16-13-4-2-1-3-9-18(13)14/h5-8H,1-4,9-10,15H2. The highest BCUT2D eigenvalue weighted by molar-refractivity contribution is 5.39. The molecule has 1 aromatic heterocycles. The van der Waals surface area contributed by atoms with Gasteiger partial charge in [-0.15, -0.1) is 10.2 Å². The van der Waals surface area contributed by atoms with Crippen molar-refractivity contribution in [1.29, 1.82) is 0 Å². The summed E-state index contributed by atoms with van der Waals surface area (Å²) in [5.41, 5.74) is 7.74. The van der Waals surface area contributed by atoms with Crippen LogP contribution in [0, 0.1) is 0 Å². The van der Waals surface area contributed by atoms with Crippen LogP contribution in [0.1, 0.15) is 36.5 Å². The molecule has 0 atom stereocenters. The molecule has 4 nitrogen and oxygen atoms in total. The van der Waals surface area contributed by atoms with Crippen molar-refractivity contribution in [2.45, 2.75) is 38.6 Å². The van der Waals surface area contributed by atoms with Gasteiger partial charge in [0.25, 0.3) is 0 Å². The van der Waals surface area contributed by atoms with Gasteiger partial charge in [0.2, 0.25) is 0 Å². The molecule has 0 saturated carbocycles. The van der Waals surface area contributed by atoms with Gasteiger partial charge in [-0.25, -0.2) is 0 Å². The SMILES string of the molecule is Nc1ccc(Cc2nnc3n2CCCCC3)cc1. The number of rotatable bonds is 2. The lowest BCUT2D eigenvalue weighted by Gasteiger charge is -2.07. The molecule has 4 heteroatoms. The molecule has 0 aliphatic carbocycles. The first-order valence-corrected chi connectivity index (χ1v) is 6.58. The quantitative estimate of drug-likeness (QED) is 0.821. The molecule has 0 spiro atoms.